The molecule has 1 aromatic heterocycles. The molecule has 19 heavy (non-hydrogen) atoms. The molecule has 0 aromatic carbocycles. The van der Waals surface area contributed by atoms with Crippen molar-refractivity contribution in [3.05, 3.63) is 67.0 Å². The molecule has 0 unspecified atom stereocenters. The van der Waals surface area contributed by atoms with Crippen molar-refractivity contribution < 1.29 is 14.1 Å². The first kappa shape index (κ1) is 14.5. The molecule has 0 spiro atoms. The molecule has 1 rings (SSSR count). The number of allylic oxidation sites excluding steroid dienone is 5. The number of carbonyl (C=O) groups excluding carboxylic acids is 1. The Morgan fingerprint density at radius 2 is 2.42 bits per heavy atom. The Kier molecular flexibility index (Phi) is 6.50. The highest BCUT2D eigenvalue weighted by Gasteiger charge is 2.06. The molecule has 1 heterocycles. The van der Waals surface area contributed by atoms with E-state index in [1.807, 2.05) is 6.92 Å². The lowest BCUT2D eigenvalue weighted by molar-refractivity contribution is 0.0921. The maximum absolute atomic E-state index is 11.4. The molecule has 0 bridgehead atoms. The van der Waals surface area contributed by atoms with E-state index >= 15 is 0 Å². The lowest BCUT2D eigenvalue weighted by Gasteiger charge is -1.97. The lowest BCUT2D eigenvalue weighted by atomic mass is 10.4. The highest BCUT2D eigenvalue weighted by Crippen LogP contribution is 1.96. The second-order valence-corrected chi connectivity index (χ2v) is 3.47. The van der Waals surface area contributed by atoms with E-state index in [-0.39, 0.29) is 11.7 Å². The predicted octanol–water partition coefficient (Wildman–Crippen LogP) is 2.58. The van der Waals surface area contributed by atoms with Crippen LogP contribution in [0.5, 0.6) is 0 Å². The number of nitrogens with zero attached hydrogens (tertiary/aromatic N) is 1. The van der Waals surface area contributed by atoms with Crippen molar-refractivity contribution in [3.8, 4) is 0 Å². The van der Waals surface area contributed by atoms with Crippen LogP contribution in [0.15, 0.2) is 65.8 Å². The molecule has 0 fully saturated rings. The molecular weight excluding hydrogens is 244 g/mol. The number of rotatable bonds is 7. The zero-order valence-corrected chi connectivity index (χ0v) is 10.7. The molecule has 1 amide bonds. The van der Waals surface area contributed by atoms with E-state index in [1.165, 1.54) is 12.3 Å². The summed E-state index contributed by atoms with van der Waals surface area (Å²) in [5, 5.41) is 6.10. The summed E-state index contributed by atoms with van der Waals surface area (Å²) >= 11 is 0. The highest BCUT2D eigenvalue weighted by atomic mass is 16.5. The fourth-order valence-electron chi connectivity index (χ4n) is 1.12. The first-order chi connectivity index (χ1) is 9.24. The number of carbonyl (C=O) groups is 1. The van der Waals surface area contributed by atoms with Gasteiger partial charge in [-0.05, 0) is 19.1 Å². The van der Waals surface area contributed by atoms with Gasteiger partial charge < -0.3 is 14.6 Å². The van der Waals surface area contributed by atoms with Gasteiger partial charge in [-0.15, -0.1) is 0 Å². The largest absolute Gasteiger partial charge is 0.470 e. The van der Waals surface area contributed by atoms with Crippen molar-refractivity contribution in [1.29, 1.82) is 0 Å². The van der Waals surface area contributed by atoms with Crippen LogP contribution in [0.3, 0.4) is 0 Å². The van der Waals surface area contributed by atoms with Crippen molar-refractivity contribution in [2.75, 3.05) is 6.54 Å². The minimum atomic E-state index is -0.299. The topological polar surface area (TPSA) is 64.4 Å². The molecule has 1 aromatic rings. The fraction of sp³-hybridized carbons (Fsp3) is 0.143. The van der Waals surface area contributed by atoms with Gasteiger partial charge in [-0.25, -0.2) is 0 Å². The summed E-state index contributed by atoms with van der Waals surface area (Å²) in [5.41, 5.74) is 0. The van der Waals surface area contributed by atoms with Crippen molar-refractivity contribution >= 4 is 5.91 Å². The van der Waals surface area contributed by atoms with E-state index < -0.39 is 0 Å². The molecular formula is C14H16N2O3. The predicted molar refractivity (Wildman–Crippen MR) is 72.2 cm³/mol. The van der Waals surface area contributed by atoms with Gasteiger partial charge >= 0.3 is 0 Å². The zero-order chi connectivity index (χ0) is 13.9. The second kappa shape index (κ2) is 8.52. The van der Waals surface area contributed by atoms with Gasteiger partial charge in [0.1, 0.15) is 5.76 Å². The summed E-state index contributed by atoms with van der Waals surface area (Å²) in [5.74, 6) is 0.642. The highest BCUT2D eigenvalue weighted by molar-refractivity contribution is 5.91. The van der Waals surface area contributed by atoms with Gasteiger partial charge in [0.15, 0.2) is 0 Å². The van der Waals surface area contributed by atoms with Crippen LogP contribution in [-0.2, 0) is 4.74 Å². The van der Waals surface area contributed by atoms with Crippen LogP contribution in [0, 0.1) is 0 Å². The van der Waals surface area contributed by atoms with Crippen molar-refractivity contribution in [2.45, 2.75) is 6.92 Å². The van der Waals surface area contributed by atoms with Crippen LogP contribution in [0.25, 0.3) is 0 Å². The molecule has 1 N–H and O–H groups in total. The van der Waals surface area contributed by atoms with E-state index in [0.29, 0.717) is 6.54 Å². The van der Waals surface area contributed by atoms with Gasteiger partial charge in [0, 0.05) is 12.6 Å². The molecule has 0 atom stereocenters. The van der Waals surface area contributed by atoms with Gasteiger partial charge in [-0.3, -0.25) is 4.79 Å². The van der Waals surface area contributed by atoms with Gasteiger partial charge in [-0.2, -0.15) is 0 Å². The van der Waals surface area contributed by atoms with Crippen LogP contribution >= 0.6 is 0 Å². The van der Waals surface area contributed by atoms with Crippen LogP contribution in [0.4, 0.5) is 0 Å². The van der Waals surface area contributed by atoms with Crippen molar-refractivity contribution in [3.63, 3.8) is 0 Å². The molecule has 0 saturated heterocycles. The van der Waals surface area contributed by atoms with Gasteiger partial charge in [0.05, 0.1) is 12.5 Å². The molecule has 0 aliphatic heterocycles. The summed E-state index contributed by atoms with van der Waals surface area (Å²) in [6.45, 7) is 5.78. The number of aromatic nitrogens is 1. The summed E-state index contributed by atoms with van der Waals surface area (Å²) in [4.78, 5) is 11.4. The quantitative estimate of drug-likeness (QED) is 0.604. The Bertz CT molecular complexity index is 485. The molecule has 0 aliphatic rings. The molecule has 5 nitrogen and oxygen atoms in total. The van der Waals surface area contributed by atoms with E-state index in [4.69, 9.17) is 9.26 Å². The molecule has 0 radical (unpaired) electrons. The Morgan fingerprint density at radius 3 is 3.11 bits per heavy atom. The summed E-state index contributed by atoms with van der Waals surface area (Å²) in [6.07, 6.45) is 11.6. The lowest BCUT2D eigenvalue weighted by Crippen LogP contribution is -2.22. The van der Waals surface area contributed by atoms with E-state index in [1.54, 1.807) is 36.6 Å². The van der Waals surface area contributed by atoms with Crippen molar-refractivity contribution in [1.82, 2.24) is 10.5 Å². The number of nitrogens with one attached hydrogen (secondary N) is 1. The zero-order valence-electron chi connectivity index (χ0n) is 10.7. The third-order valence-corrected chi connectivity index (χ3v) is 1.97. The first-order valence-electron chi connectivity index (χ1n) is 5.70. The minimum absolute atomic E-state index is 0.192. The summed E-state index contributed by atoms with van der Waals surface area (Å²) in [6, 6.07) is 1.50. The van der Waals surface area contributed by atoms with Crippen LogP contribution in [0.2, 0.25) is 0 Å². The number of ether oxygens (including phenoxy) is 1. The molecule has 5 heteroatoms. The van der Waals surface area contributed by atoms with Crippen molar-refractivity contribution in [2.24, 2.45) is 0 Å². The third kappa shape index (κ3) is 6.07. The minimum Gasteiger partial charge on any atom is -0.470 e. The molecule has 100 valence electrons. The summed E-state index contributed by atoms with van der Waals surface area (Å²) in [7, 11) is 0. The standard InChI is InChI=1S/C14H16N2O3/c1-3-7-12(2)18-11-6-4-5-9-15-14(17)13-8-10-16-19-13/h3-8,10-11H,1,9H2,2H3,(H,15,17)/b5-4+,11-6-,12-7+. The van der Waals surface area contributed by atoms with E-state index in [0.717, 1.165) is 5.76 Å². The number of hydrogen-bond donors (Lipinski definition) is 1. The van der Waals surface area contributed by atoms with Crippen LogP contribution < -0.4 is 5.32 Å². The maximum atomic E-state index is 11.4. The maximum Gasteiger partial charge on any atom is 0.290 e. The van der Waals surface area contributed by atoms with Crippen LogP contribution in [-0.4, -0.2) is 17.6 Å². The SMILES string of the molecule is C=C/C=C(\C)O/C=C\C=C\CNC(=O)c1ccno1. The average Bonchev–Trinajstić information content (AvgIpc) is 2.91. The first-order valence-corrected chi connectivity index (χ1v) is 5.70. The Labute approximate surface area is 111 Å². The Hall–Kier alpha value is -2.56. The Balaban J connectivity index is 2.20. The Morgan fingerprint density at radius 1 is 1.58 bits per heavy atom. The van der Waals surface area contributed by atoms with E-state index in [2.05, 4.69) is 17.1 Å². The smallest absolute Gasteiger partial charge is 0.290 e. The molecule has 0 saturated carbocycles. The second-order valence-electron chi connectivity index (χ2n) is 3.47. The fourth-order valence-corrected chi connectivity index (χ4v) is 1.12. The van der Waals surface area contributed by atoms with Crippen LogP contribution in [0.1, 0.15) is 17.5 Å². The van der Waals surface area contributed by atoms with Gasteiger partial charge in [-0.1, -0.05) is 30.0 Å². The summed E-state index contributed by atoms with van der Waals surface area (Å²) < 4.78 is 9.92. The monoisotopic (exact) mass is 260 g/mol. The molecule has 0 aliphatic carbocycles. The number of hydrogen-bond acceptors (Lipinski definition) is 4. The number of amides is 1. The normalized spacial score (nSPS) is 11.9. The third-order valence-electron chi connectivity index (χ3n) is 1.97. The van der Waals surface area contributed by atoms with E-state index in [9.17, 15) is 4.79 Å². The van der Waals surface area contributed by atoms with Gasteiger partial charge in [0.25, 0.3) is 5.91 Å². The average molecular weight is 260 g/mol. The van der Waals surface area contributed by atoms with Gasteiger partial charge in [0.2, 0.25) is 5.76 Å².